The first kappa shape index (κ1) is 14.4. The van der Waals surface area contributed by atoms with E-state index in [4.69, 9.17) is 18.9 Å². The van der Waals surface area contributed by atoms with E-state index in [0.717, 1.165) is 5.56 Å². The minimum Gasteiger partial charge on any atom is -0.369 e. The fraction of sp³-hybridized carbons (Fsp3) is 0.529. The van der Waals surface area contributed by atoms with Crippen LogP contribution in [-0.2, 0) is 25.6 Å². The van der Waals surface area contributed by atoms with Crippen molar-refractivity contribution in [2.75, 3.05) is 0 Å². The van der Waals surface area contributed by atoms with E-state index < -0.39 is 12.1 Å². The Kier molecular flexibility index (Phi) is 3.55. The predicted molar refractivity (Wildman–Crippen MR) is 77.8 cm³/mol. The van der Waals surface area contributed by atoms with Crippen LogP contribution in [0.1, 0.15) is 18.9 Å². The Labute approximate surface area is 129 Å². The van der Waals surface area contributed by atoms with Crippen LogP contribution in [0.4, 0.5) is 0 Å². The van der Waals surface area contributed by atoms with Gasteiger partial charge in [-0.25, -0.2) is 0 Å². The summed E-state index contributed by atoms with van der Waals surface area (Å²) < 4.78 is 23.6. The average Bonchev–Trinajstić information content (AvgIpc) is 3.12. The molecule has 4 rings (SSSR count). The maximum absolute atomic E-state index is 9.53. The Morgan fingerprint density at radius 3 is 2.82 bits per heavy atom. The monoisotopic (exact) mass is 304 g/mol. The molecule has 0 radical (unpaired) electrons. The average molecular weight is 304 g/mol. The van der Waals surface area contributed by atoms with Gasteiger partial charge in [-0.3, -0.25) is 0 Å². The van der Waals surface area contributed by atoms with Crippen LogP contribution >= 0.6 is 0 Å². The Morgan fingerprint density at radius 2 is 2.09 bits per heavy atom. The second-order valence-electron chi connectivity index (χ2n) is 6.11. The molecule has 1 N–H and O–H groups in total. The number of fused-ring (bicyclic) bond motifs is 1. The van der Waals surface area contributed by atoms with Gasteiger partial charge in [0.1, 0.15) is 12.2 Å². The summed E-state index contributed by atoms with van der Waals surface area (Å²) in [6, 6.07) is 10.0. The van der Waals surface area contributed by atoms with E-state index in [1.165, 1.54) is 0 Å². The summed E-state index contributed by atoms with van der Waals surface area (Å²) in [6.07, 6.45) is 2.66. The van der Waals surface area contributed by atoms with Gasteiger partial charge in [0.25, 0.3) is 0 Å². The van der Waals surface area contributed by atoms with Crippen LogP contribution in [0.25, 0.3) is 0 Å². The van der Waals surface area contributed by atoms with Gasteiger partial charge in [-0.2, -0.15) is 0 Å². The molecule has 0 amide bonds. The lowest BCUT2D eigenvalue weighted by Crippen LogP contribution is -2.37. The molecule has 0 aliphatic carbocycles. The van der Waals surface area contributed by atoms with E-state index in [9.17, 15) is 5.11 Å². The lowest BCUT2D eigenvalue weighted by molar-refractivity contribution is -0.249. The minimum absolute atomic E-state index is 0.0219. The molecule has 3 aliphatic rings. The molecule has 22 heavy (non-hydrogen) atoms. The number of hydrogen-bond acceptors (Lipinski definition) is 5. The van der Waals surface area contributed by atoms with Crippen molar-refractivity contribution in [3.8, 4) is 0 Å². The van der Waals surface area contributed by atoms with Crippen LogP contribution in [-0.4, -0.2) is 41.6 Å². The predicted octanol–water partition coefficient (Wildman–Crippen LogP) is 1.75. The standard InChI is InChI=1S/C17H20O5/c1-11-15(19-10-12-5-3-2-4-6-12)16-13(20-11)9-17(22-16)8-7-14(18)21-17/h2-8,11,13-16,18H,9-10H2,1H3/t11-,13-,14?,15+,16+,17+/m1/s1. The second kappa shape index (κ2) is 5.44. The molecule has 2 saturated heterocycles. The first-order chi connectivity index (χ1) is 10.7. The highest BCUT2D eigenvalue weighted by atomic mass is 16.8. The van der Waals surface area contributed by atoms with E-state index in [0.29, 0.717) is 13.0 Å². The second-order valence-corrected chi connectivity index (χ2v) is 6.11. The SMILES string of the molecule is C[C@H]1O[C@@H]2C[C@]3(C=CC(O)O3)O[C@@H]2[C@H]1OCc1ccccc1. The van der Waals surface area contributed by atoms with Crippen molar-refractivity contribution in [2.45, 2.75) is 56.4 Å². The maximum Gasteiger partial charge on any atom is 0.194 e. The summed E-state index contributed by atoms with van der Waals surface area (Å²) in [6.45, 7) is 2.53. The van der Waals surface area contributed by atoms with Gasteiger partial charge in [0.15, 0.2) is 12.1 Å². The number of aliphatic hydroxyl groups excluding tert-OH is 1. The molecule has 0 bridgehead atoms. The Hall–Kier alpha value is -1.24. The Balaban J connectivity index is 1.43. The topological polar surface area (TPSA) is 57.2 Å². The van der Waals surface area contributed by atoms with Gasteiger partial charge in [0, 0.05) is 6.42 Å². The lowest BCUT2D eigenvalue weighted by Gasteiger charge is -2.27. The summed E-state index contributed by atoms with van der Waals surface area (Å²) in [5.74, 6) is -0.858. The van der Waals surface area contributed by atoms with Gasteiger partial charge >= 0.3 is 0 Å². The van der Waals surface area contributed by atoms with Crippen LogP contribution < -0.4 is 0 Å². The maximum atomic E-state index is 9.53. The smallest absolute Gasteiger partial charge is 0.194 e. The molecule has 1 aromatic rings. The zero-order valence-corrected chi connectivity index (χ0v) is 12.4. The molecule has 5 heteroatoms. The minimum atomic E-state index is -0.903. The molecule has 0 aromatic heterocycles. The fourth-order valence-corrected chi connectivity index (χ4v) is 3.47. The van der Waals surface area contributed by atoms with Gasteiger partial charge in [-0.15, -0.1) is 0 Å². The van der Waals surface area contributed by atoms with Crippen molar-refractivity contribution < 1.29 is 24.1 Å². The van der Waals surface area contributed by atoms with Gasteiger partial charge < -0.3 is 24.1 Å². The normalized spacial score (nSPS) is 43.1. The van der Waals surface area contributed by atoms with Gasteiger partial charge in [-0.1, -0.05) is 30.3 Å². The van der Waals surface area contributed by atoms with Crippen LogP contribution in [0, 0.1) is 0 Å². The van der Waals surface area contributed by atoms with Gasteiger partial charge in [0.2, 0.25) is 0 Å². The summed E-state index contributed by atoms with van der Waals surface area (Å²) >= 11 is 0. The van der Waals surface area contributed by atoms with E-state index in [-0.39, 0.29) is 24.4 Å². The molecule has 3 heterocycles. The first-order valence-corrected chi connectivity index (χ1v) is 7.69. The highest BCUT2D eigenvalue weighted by molar-refractivity contribution is 5.15. The van der Waals surface area contributed by atoms with Crippen LogP contribution in [0.5, 0.6) is 0 Å². The molecule has 3 aliphatic heterocycles. The number of rotatable bonds is 3. The molecule has 1 aromatic carbocycles. The number of hydrogen-bond donors (Lipinski definition) is 1. The van der Waals surface area contributed by atoms with Crippen molar-refractivity contribution in [1.82, 2.24) is 0 Å². The third-order valence-corrected chi connectivity index (χ3v) is 4.48. The van der Waals surface area contributed by atoms with Crippen LogP contribution in [0.3, 0.4) is 0 Å². The molecule has 5 nitrogen and oxygen atoms in total. The van der Waals surface area contributed by atoms with E-state index in [1.807, 2.05) is 37.3 Å². The third kappa shape index (κ3) is 2.49. The van der Waals surface area contributed by atoms with Crippen LogP contribution in [0.15, 0.2) is 42.5 Å². The van der Waals surface area contributed by atoms with Crippen molar-refractivity contribution in [1.29, 1.82) is 0 Å². The van der Waals surface area contributed by atoms with Crippen molar-refractivity contribution in [3.05, 3.63) is 48.0 Å². The highest BCUT2D eigenvalue weighted by Gasteiger charge is 2.57. The molecule has 1 unspecified atom stereocenters. The van der Waals surface area contributed by atoms with Crippen molar-refractivity contribution in [3.63, 3.8) is 0 Å². The zero-order chi connectivity index (χ0) is 15.2. The third-order valence-electron chi connectivity index (χ3n) is 4.48. The Morgan fingerprint density at radius 1 is 1.27 bits per heavy atom. The molecule has 0 saturated carbocycles. The van der Waals surface area contributed by atoms with E-state index in [2.05, 4.69) is 0 Å². The molecular weight excluding hydrogens is 284 g/mol. The van der Waals surface area contributed by atoms with Gasteiger partial charge in [-0.05, 0) is 24.6 Å². The van der Waals surface area contributed by atoms with E-state index in [1.54, 1.807) is 12.2 Å². The largest absolute Gasteiger partial charge is 0.369 e. The lowest BCUT2D eigenvalue weighted by atomic mass is 10.1. The Bertz CT molecular complexity index is 559. The summed E-state index contributed by atoms with van der Waals surface area (Å²) in [4.78, 5) is 0. The quantitative estimate of drug-likeness (QED) is 0.862. The number of benzene rings is 1. The van der Waals surface area contributed by atoms with Crippen LogP contribution in [0.2, 0.25) is 0 Å². The molecule has 1 spiro atoms. The van der Waals surface area contributed by atoms with E-state index >= 15 is 0 Å². The zero-order valence-electron chi connectivity index (χ0n) is 12.4. The summed E-state index contributed by atoms with van der Waals surface area (Å²) in [5.41, 5.74) is 1.12. The number of aliphatic hydroxyl groups is 1. The van der Waals surface area contributed by atoms with Crippen molar-refractivity contribution >= 4 is 0 Å². The van der Waals surface area contributed by atoms with Gasteiger partial charge in [0.05, 0.1) is 18.8 Å². The summed E-state index contributed by atoms with van der Waals surface area (Å²) in [7, 11) is 0. The van der Waals surface area contributed by atoms with Crippen molar-refractivity contribution in [2.24, 2.45) is 0 Å². The fourth-order valence-electron chi connectivity index (χ4n) is 3.47. The summed E-state index contributed by atoms with van der Waals surface area (Å²) in [5, 5.41) is 9.53. The first-order valence-electron chi connectivity index (χ1n) is 7.69. The molecular formula is C17H20O5. The number of ether oxygens (including phenoxy) is 4. The molecule has 6 atom stereocenters. The molecule has 118 valence electrons. The molecule has 2 fully saturated rings. The highest BCUT2D eigenvalue weighted by Crippen LogP contribution is 2.44.